The van der Waals surface area contributed by atoms with E-state index < -0.39 is 29.6 Å². The minimum absolute atomic E-state index is 0.220. The van der Waals surface area contributed by atoms with Gasteiger partial charge < -0.3 is 5.32 Å². The Bertz CT molecular complexity index is 840. The fourth-order valence-electron chi connectivity index (χ4n) is 2.26. The second kappa shape index (κ2) is 9.14. The maximum atomic E-state index is 13.0. The summed E-state index contributed by atoms with van der Waals surface area (Å²) in [7, 11) is 0. The lowest BCUT2D eigenvalue weighted by molar-refractivity contribution is -0.124. The van der Waals surface area contributed by atoms with E-state index in [1.165, 1.54) is 18.2 Å². The zero-order valence-corrected chi connectivity index (χ0v) is 15.5. The maximum absolute atomic E-state index is 13.0. The number of amides is 3. The van der Waals surface area contributed by atoms with Crippen LogP contribution in [0.2, 0.25) is 5.02 Å². The van der Waals surface area contributed by atoms with Crippen LogP contribution < -0.4 is 16.2 Å². The molecule has 0 fully saturated rings. The largest absolute Gasteiger partial charge is 0.340 e. The fraction of sp³-hybridized carbons (Fsp3) is 0.211. The second-order valence-electron chi connectivity index (χ2n) is 6.16. The first kappa shape index (κ1) is 20.4. The van der Waals surface area contributed by atoms with Crippen molar-refractivity contribution in [2.24, 2.45) is 5.92 Å². The Hall–Kier alpha value is -2.93. The third-order valence-electron chi connectivity index (χ3n) is 3.73. The van der Waals surface area contributed by atoms with E-state index in [4.69, 9.17) is 11.6 Å². The average Bonchev–Trinajstić information content (AvgIpc) is 2.64. The quantitative estimate of drug-likeness (QED) is 0.685. The van der Waals surface area contributed by atoms with Crippen molar-refractivity contribution in [3.63, 3.8) is 0 Å². The normalized spacial score (nSPS) is 11.6. The Morgan fingerprint density at radius 2 is 1.59 bits per heavy atom. The molecule has 0 saturated heterocycles. The molecular formula is C19H19ClFN3O3. The van der Waals surface area contributed by atoms with Gasteiger partial charge >= 0.3 is 0 Å². The number of hydrogen-bond donors (Lipinski definition) is 3. The molecule has 8 heteroatoms. The number of rotatable bonds is 5. The molecule has 0 bridgehead atoms. The van der Waals surface area contributed by atoms with Gasteiger partial charge in [0.1, 0.15) is 11.9 Å². The van der Waals surface area contributed by atoms with Crippen LogP contribution in [0.5, 0.6) is 0 Å². The summed E-state index contributed by atoms with van der Waals surface area (Å²) in [5, 5.41) is 2.97. The summed E-state index contributed by atoms with van der Waals surface area (Å²) >= 11 is 5.83. The summed E-state index contributed by atoms with van der Waals surface area (Å²) in [6.45, 7) is 3.49. The minimum atomic E-state index is -0.901. The smallest absolute Gasteiger partial charge is 0.269 e. The Morgan fingerprint density at radius 3 is 2.19 bits per heavy atom. The monoisotopic (exact) mass is 391 g/mol. The summed E-state index contributed by atoms with van der Waals surface area (Å²) in [4.78, 5) is 36.7. The van der Waals surface area contributed by atoms with Gasteiger partial charge in [-0.15, -0.1) is 0 Å². The predicted octanol–water partition coefficient (Wildman–Crippen LogP) is 2.69. The highest BCUT2D eigenvalue weighted by Gasteiger charge is 2.25. The molecule has 0 aliphatic heterocycles. The lowest BCUT2D eigenvalue weighted by atomic mass is 10.0. The SMILES string of the molecule is CC(C)[C@H](NC(=O)c1ccc(F)cc1)C(=O)NNC(=O)c1cccc(Cl)c1. The van der Waals surface area contributed by atoms with Crippen LogP contribution in [0.15, 0.2) is 48.5 Å². The van der Waals surface area contributed by atoms with Crippen molar-refractivity contribution in [2.45, 2.75) is 19.9 Å². The summed E-state index contributed by atoms with van der Waals surface area (Å²) in [5.74, 6) is -2.37. The molecule has 3 N–H and O–H groups in total. The molecule has 0 aromatic heterocycles. The van der Waals surface area contributed by atoms with Gasteiger partial charge in [0, 0.05) is 16.1 Å². The zero-order chi connectivity index (χ0) is 20.0. The molecule has 0 radical (unpaired) electrons. The number of hydrogen-bond acceptors (Lipinski definition) is 3. The van der Waals surface area contributed by atoms with Crippen LogP contribution in [0.25, 0.3) is 0 Å². The minimum Gasteiger partial charge on any atom is -0.340 e. The van der Waals surface area contributed by atoms with Crippen LogP contribution >= 0.6 is 11.6 Å². The standard InChI is InChI=1S/C19H19ClFN3O3/c1-11(2)16(22-17(25)12-6-8-15(21)9-7-12)19(27)24-23-18(26)13-4-3-5-14(20)10-13/h3-11,16H,1-2H3,(H,22,25)(H,23,26)(H,24,27)/t16-/m0/s1. The first-order valence-corrected chi connectivity index (χ1v) is 8.58. The van der Waals surface area contributed by atoms with E-state index in [9.17, 15) is 18.8 Å². The molecular weight excluding hydrogens is 373 g/mol. The highest BCUT2D eigenvalue weighted by atomic mass is 35.5. The molecule has 0 spiro atoms. The number of nitrogens with one attached hydrogen (secondary N) is 3. The van der Waals surface area contributed by atoms with Crippen molar-refractivity contribution in [2.75, 3.05) is 0 Å². The Labute approximate surface area is 161 Å². The van der Waals surface area contributed by atoms with E-state index in [2.05, 4.69) is 16.2 Å². The number of hydrazine groups is 1. The molecule has 3 amide bonds. The van der Waals surface area contributed by atoms with Gasteiger partial charge in [0.2, 0.25) is 0 Å². The summed E-state index contributed by atoms with van der Waals surface area (Å²) in [6.07, 6.45) is 0. The molecule has 2 aromatic carbocycles. The predicted molar refractivity (Wildman–Crippen MR) is 99.6 cm³/mol. The van der Waals surface area contributed by atoms with Crippen molar-refractivity contribution < 1.29 is 18.8 Å². The Kier molecular flexibility index (Phi) is 6.90. The van der Waals surface area contributed by atoms with E-state index in [0.29, 0.717) is 5.02 Å². The topological polar surface area (TPSA) is 87.3 Å². The van der Waals surface area contributed by atoms with Crippen molar-refractivity contribution >= 4 is 29.3 Å². The number of benzene rings is 2. The van der Waals surface area contributed by atoms with Crippen molar-refractivity contribution in [3.8, 4) is 0 Å². The van der Waals surface area contributed by atoms with Gasteiger partial charge in [0.05, 0.1) is 0 Å². The van der Waals surface area contributed by atoms with Crippen LogP contribution in [0.1, 0.15) is 34.6 Å². The Morgan fingerprint density at radius 1 is 0.926 bits per heavy atom. The molecule has 2 aromatic rings. The molecule has 142 valence electrons. The van der Waals surface area contributed by atoms with Gasteiger partial charge in [-0.25, -0.2) is 4.39 Å². The summed E-state index contributed by atoms with van der Waals surface area (Å²) in [6, 6.07) is 10.3. The molecule has 0 saturated carbocycles. The fourth-order valence-corrected chi connectivity index (χ4v) is 2.45. The van der Waals surface area contributed by atoms with Gasteiger partial charge in [-0.1, -0.05) is 31.5 Å². The summed E-state index contributed by atoms with van der Waals surface area (Å²) in [5.41, 5.74) is 5.07. The Balaban J connectivity index is 1.99. The lowest BCUT2D eigenvalue weighted by Crippen LogP contribution is -2.54. The molecule has 0 unspecified atom stereocenters. The third kappa shape index (κ3) is 5.79. The highest BCUT2D eigenvalue weighted by molar-refractivity contribution is 6.30. The van der Waals surface area contributed by atoms with Gasteiger partial charge in [-0.3, -0.25) is 25.2 Å². The van der Waals surface area contributed by atoms with Crippen LogP contribution in [0.4, 0.5) is 4.39 Å². The van der Waals surface area contributed by atoms with Gasteiger partial charge in [0.15, 0.2) is 0 Å². The van der Waals surface area contributed by atoms with Crippen molar-refractivity contribution in [1.82, 2.24) is 16.2 Å². The molecule has 1 atom stereocenters. The molecule has 0 heterocycles. The van der Waals surface area contributed by atoms with Crippen LogP contribution in [-0.4, -0.2) is 23.8 Å². The van der Waals surface area contributed by atoms with Crippen molar-refractivity contribution in [1.29, 1.82) is 0 Å². The molecule has 0 aliphatic rings. The lowest BCUT2D eigenvalue weighted by Gasteiger charge is -2.22. The van der Waals surface area contributed by atoms with Crippen molar-refractivity contribution in [3.05, 3.63) is 70.5 Å². The number of halogens is 2. The molecule has 2 rings (SSSR count). The van der Waals surface area contributed by atoms with E-state index >= 15 is 0 Å². The zero-order valence-electron chi connectivity index (χ0n) is 14.8. The van der Waals surface area contributed by atoms with Gasteiger partial charge in [0.25, 0.3) is 17.7 Å². The van der Waals surface area contributed by atoms with Gasteiger partial charge in [-0.05, 0) is 48.4 Å². The van der Waals surface area contributed by atoms with E-state index in [0.717, 1.165) is 12.1 Å². The first-order valence-electron chi connectivity index (χ1n) is 8.20. The van der Waals surface area contributed by atoms with Crippen LogP contribution in [0.3, 0.4) is 0 Å². The number of carbonyl (C=O) groups is 3. The molecule has 27 heavy (non-hydrogen) atoms. The number of carbonyl (C=O) groups excluding carboxylic acids is 3. The maximum Gasteiger partial charge on any atom is 0.269 e. The highest BCUT2D eigenvalue weighted by Crippen LogP contribution is 2.10. The molecule has 6 nitrogen and oxygen atoms in total. The first-order chi connectivity index (χ1) is 12.8. The molecule has 0 aliphatic carbocycles. The van der Waals surface area contributed by atoms with Crippen LogP contribution in [0, 0.1) is 11.7 Å². The van der Waals surface area contributed by atoms with E-state index in [1.54, 1.807) is 32.0 Å². The van der Waals surface area contributed by atoms with Crippen LogP contribution in [-0.2, 0) is 4.79 Å². The third-order valence-corrected chi connectivity index (χ3v) is 3.96. The van der Waals surface area contributed by atoms with E-state index in [1.807, 2.05) is 0 Å². The second-order valence-corrected chi connectivity index (χ2v) is 6.59. The summed E-state index contributed by atoms with van der Waals surface area (Å²) < 4.78 is 13.0. The average molecular weight is 392 g/mol. The van der Waals surface area contributed by atoms with E-state index in [-0.39, 0.29) is 17.0 Å². The van der Waals surface area contributed by atoms with Gasteiger partial charge in [-0.2, -0.15) is 0 Å².